The first kappa shape index (κ1) is 20.5. The lowest BCUT2D eigenvalue weighted by Gasteiger charge is -2.13. The summed E-state index contributed by atoms with van der Waals surface area (Å²) in [4.78, 5) is 45.9. The van der Waals surface area contributed by atoms with E-state index >= 15 is 0 Å². The van der Waals surface area contributed by atoms with Crippen molar-refractivity contribution in [3.63, 3.8) is 0 Å². The lowest BCUT2D eigenvalue weighted by Crippen LogP contribution is -2.41. The molecular formula is C16H19NO7S. The van der Waals surface area contributed by atoms with Gasteiger partial charge in [0.15, 0.2) is 0 Å². The Morgan fingerprint density at radius 1 is 1.20 bits per heavy atom. The van der Waals surface area contributed by atoms with E-state index in [2.05, 4.69) is 5.32 Å². The molecule has 1 aromatic rings. The molecule has 0 heterocycles. The van der Waals surface area contributed by atoms with Crippen LogP contribution in [0.15, 0.2) is 24.3 Å². The third-order valence-corrected chi connectivity index (χ3v) is 3.51. The predicted octanol–water partition coefficient (Wildman–Crippen LogP) is 2.07. The summed E-state index contributed by atoms with van der Waals surface area (Å²) >= 11 is 0.575. The molecule has 0 fully saturated rings. The predicted molar refractivity (Wildman–Crippen MR) is 90.7 cm³/mol. The normalized spacial score (nSPS) is 11.5. The molecule has 1 aromatic carbocycles. The molecule has 1 amide bonds. The minimum absolute atomic E-state index is 0.0112. The number of thioether (sulfide) groups is 1. The Morgan fingerprint density at radius 2 is 1.84 bits per heavy atom. The molecule has 0 spiro atoms. The minimum Gasteiger partial charge on any atom is -0.480 e. The molecule has 1 atom stereocenters. The molecule has 0 aliphatic rings. The number of ether oxygens (including phenoxy) is 2. The molecule has 0 aliphatic carbocycles. The van der Waals surface area contributed by atoms with Gasteiger partial charge in [-0.05, 0) is 37.7 Å². The zero-order valence-corrected chi connectivity index (χ0v) is 14.8. The van der Waals surface area contributed by atoms with Crippen molar-refractivity contribution in [3.05, 3.63) is 29.8 Å². The van der Waals surface area contributed by atoms with Gasteiger partial charge in [-0.25, -0.2) is 14.4 Å². The fourth-order valence-corrected chi connectivity index (χ4v) is 2.37. The average Bonchev–Trinajstić information content (AvgIpc) is 2.50. The third kappa shape index (κ3) is 7.25. The van der Waals surface area contributed by atoms with Crippen LogP contribution in [0.3, 0.4) is 0 Å². The maximum atomic E-state index is 12.0. The van der Waals surface area contributed by atoms with Crippen LogP contribution in [0.2, 0.25) is 0 Å². The topological polar surface area (TPSA) is 119 Å². The van der Waals surface area contributed by atoms with Crippen molar-refractivity contribution in [2.45, 2.75) is 32.9 Å². The van der Waals surface area contributed by atoms with E-state index in [1.807, 2.05) is 0 Å². The number of carboxylic acid groups (broad SMARTS) is 1. The second-order valence-corrected chi connectivity index (χ2v) is 6.16. The van der Waals surface area contributed by atoms with Gasteiger partial charge in [0.05, 0.1) is 6.10 Å². The summed E-state index contributed by atoms with van der Waals surface area (Å²) in [7, 11) is 0. The SMILES string of the molecule is CC(=O)N[C@@H](CSC(=O)Oc1ccccc1C(=O)OC(C)C)C(=O)O. The van der Waals surface area contributed by atoms with Crippen LogP contribution in [0.5, 0.6) is 5.75 Å². The first-order valence-electron chi connectivity index (χ1n) is 7.35. The Bertz CT molecular complexity index is 660. The van der Waals surface area contributed by atoms with Crippen LogP contribution in [0.25, 0.3) is 0 Å². The zero-order chi connectivity index (χ0) is 19.0. The van der Waals surface area contributed by atoms with Gasteiger partial charge < -0.3 is 19.9 Å². The number of hydrogen-bond donors (Lipinski definition) is 2. The first-order chi connectivity index (χ1) is 11.7. The number of carbonyl (C=O) groups is 4. The van der Waals surface area contributed by atoms with E-state index in [0.29, 0.717) is 11.8 Å². The molecule has 0 aliphatic heterocycles. The highest BCUT2D eigenvalue weighted by molar-refractivity contribution is 8.13. The number of para-hydroxylation sites is 1. The van der Waals surface area contributed by atoms with E-state index in [0.717, 1.165) is 0 Å². The quantitative estimate of drug-likeness (QED) is 0.701. The lowest BCUT2D eigenvalue weighted by molar-refractivity contribution is -0.140. The average molecular weight is 369 g/mol. The van der Waals surface area contributed by atoms with Crippen molar-refractivity contribution >= 4 is 34.9 Å². The van der Waals surface area contributed by atoms with Crippen molar-refractivity contribution in [2.75, 3.05) is 5.75 Å². The number of rotatable bonds is 7. The maximum absolute atomic E-state index is 12.0. The molecule has 25 heavy (non-hydrogen) atoms. The van der Waals surface area contributed by atoms with Crippen LogP contribution in [-0.4, -0.2) is 46.2 Å². The Kier molecular flexibility index (Phi) is 7.93. The van der Waals surface area contributed by atoms with E-state index in [9.17, 15) is 19.2 Å². The van der Waals surface area contributed by atoms with Gasteiger partial charge >= 0.3 is 17.2 Å². The Morgan fingerprint density at radius 3 is 2.40 bits per heavy atom. The molecule has 136 valence electrons. The van der Waals surface area contributed by atoms with Crippen molar-refractivity contribution in [3.8, 4) is 5.75 Å². The zero-order valence-electron chi connectivity index (χ0n) is 14.0. The number of carboxylic acids is 1. The van der Waals surface area contributed by atoms with Gasteiger partial charge in [-0.15, -0.1) is 0 Å². The number of benzene rings is 1. The molecule has 9 heteroatoms. The number of nitrogens with one attached hydrogen (secondary N) is 1. The fourth-order valence-electron chi connectivity index (χ4n) is 1.69. The van der Waals surface area contributed by atoms with E-state index in [1.165, 1.54) is 19.1 Å². The Balaban J connectivity index is 2.72. The summed E-state index contributed by atoms with van der Waals surface area (Å²) in [6, 6.07) is 4.83. The first-order valence-corrected chi connectivity index (χ1v) is 8.33. The fraction of sp³-hybridized carbons (Fsp3) is 0.375. The van der Waals surface area contributed by atoms with Crippen LogP contribution in [-0.2, 0) is 14.3 Å². The van der Waals surface area contributed by atoms with Crippen molar-refractivity contribution < 1.29 is 33.8 Å². The molecule has 2 N–H and O–H groups in total. The van der Waals surface area contributed by atoms with Gasteiger partial charge in [0.1, 0.15) is 17.4 Å². The molecule has 0 saturated heterocycles. The third-order valence-electron chi connectivity index (χ3n) is 2.69. The van der Waals surface area contributed by atoms with Gasteiger partial charge in [-0.2, -0.15) is 0 Å². The van der Waals surface area contributed by atoms with Crippen LogP contribution in [0.4, 0.5) is 4.79 Å². The minimum atomic E-state index is -1.27. The maximum Gasteiger partial charge on any atom is 0.372 e. The molecule has 1 rings (SSSR count). The molecule has 0 saturated carbocycles. The number of aliphatic carboxylic acids is 1. The van der Waals surface area contributed by atoms with Crippen LogP contribution in [0.1, 0.15) is 31.1 Å². The molecule has 0 unspecified atom stereocenters. The largest absolute Gasteiger partial charge is 0.480 e. The smallest absolute Gasteiger partial charge is 0.372 e. The highest BCUT2D eigenvalue weighted by Gasteiger charge is 2.22. The van der Waals surface area contributed by atoms with Gasteiger partial charge in [0.25, 0.3) is 0 Å². The molecule has 0 bridgehead atoms. The van der Waals surface area contributed by atoms with E-state index in [-0.39, 0.29) is 23.2 Å². The summed E-state index contributed by atoms with van der Waals surface area (Å²) in [6.45, 7) is 4.56. The number of amides is 1. The van der Waals surface area contributed by atoms with E-state index in [1.54, 1.807) is 26.0 Å². The van der Waals surface area contributed by atoms with Gasteiger partial charge in [0.2, 0.25) is 5.91 Å². The van der Waals surface area contributed by atoms with Crippen molar-refractivity contribution in [1.82, 2.24) is 5.32 Å². The number of carbonyl (C=O) groups excluding carboxylic acids is 3. The second-order valence-electron chi connectivity index (χ2n) is 5.20. The highest BCUT2D eigenvalue weighted by Crippen LogP contribution is 2.22. The van der Waals surface area contributed by atoms with E-state index < -0.39 is 29.2 Å². The number of hydrogen-bond acceptors (Lipinski definition) is 7. The molecule has 8 nitrogen and oxygen atoms in total. The standard InChI is InChI=1S/C16H19NO7S/c1-9(2)23-15(21)11-6-4-5-7-13(11)24-16(22)25-8-12(14(19)20)17-10(3)18/h4-7,9,12H,8H2,1-3H3,(H,17,18)(H,19,20)/t12-/m0/s1. The second kappa shape index (κ2) is 9.67. The van der Waals surface area contributed by atoms with Crippen molar-refractivity contribution in [1.29, 1.82) is 0 Å². The van der Waals surface area contributed by atoms with Gasteiger partial charge in [-0.1, -0.05) is 12.1 Å². The van der Waals surface area contributed by atoms with Crippen LogP contribution in [0, 0.1) is 0 Å². The van der Waals surface area contributed by atoms with Crippen molar-refractivity contribution in [2.24, 2.45) is 0 Å². The molecule has 0 radical (unpaired) electrons. The van der Waals surface area contributed by atoms with Gasteiger partial charge in [0, 0.05) is 12.7 Å². The summed E-state index contributed by atoms with van der Waals surface area (Å²) in [5.41, 5.74) is 0.0850. The molecular weight excluding hydrogens is 350 g/mol. The van der Waals surface area contributed by atoms with Crippen LogP contribution >= 0.6 is 11.8 Å². The lowest BCUT2D eigenvalue weighted by atomic mass is 10.2. The number of esters is 1. The highest BCUT2D eigenvalue weighted by atomic mass is 32.2. The van der Waals surface area contributed by atoms with Crippen LogP contribution < -0.4 is 10.1 Å². The molecule has 0 aromatic heterocycles. The monoisotopic (exact) mass is 369 g/mol. The summed E-state index contributed by atoms with van der Waals surface area (Å²) < 4.78 is 10.2. The Labute approximate surface area is 148 Å². The van der Waals surface area contributed by atoms with Gasteiger partial charge in [-0.3, -0.25) is 4.79 Å². The summed E-state index contributed by atoms with van der Waals surface area (Å²) in [5, 5.41) is 10.4. The van der Waals surface area contributed by atoms with E-state index in [4.69, 9.17) is 14.6 Å². The Hall–Kier alpha value is -2.55. The summed E-state index contributed by atoms with van der Waals surface area (Å²) in [6.07, 6.45) is -0.334. The summed E-state index contributed by atoms with van der Waals surface area (Å²) in [5.74, 6) is -2.63.